The van der Waals surface area contributed by atoms with Crippen molar-refractivity contribution in [1.29, 1.82) is 0 Å². The molecule has 0 aromatic heterocycles. The van der Waals surface area contributed by atoms with E-state index in [2.05, 4.69) is 59.9 Å². The maximum atomic E-state index is 12.2. The zero-order valence-corrected chi connectivity index (χ0v) is 16.8. The maximum Gasteiger partial charge on any atom is 0.337 e. The largest absolute Gasteiger partial charge is 0.478 e. The third kappa shape index (κ3) is 4.95. The summed E-state index contributed by atoms with van der Waals surface area (Å²) in [5.74, 6) is 0.0607. The number of amides is 1. The Morgan fingerprint density at radius 2 is 1.77 bits per heavy atom. The molecule has 4 rings (SSSR count). The summed E-state index contributed by atoms with van der Waals surface area (Å²) >= 11 is 0. The van der Waals surface area contributed by atoms with Gasteiger partial charge in [-0.25, -0.2) is 4.79 Å². The molecule has 1 aliphatic carbocycles. The molecule has 0 saturated heterocycles. The molecular weight excluding hydrogens is 374 g/mol. The smallest absolute Gasteiger partial charge is 0.337 e. The van der Waals surface area contributed by atoms with Gasteiger partial charge in [0.2, 0.25) is 5.91 Å². The third-order valence-corrected chi connectivity index (χ3v) is 5.70. The van der Waals surface area contributed by atoms with E-state index in [9.17, 15) is 14.7 Å². The van der Waals surface area contributed by atoms with Crippen molar-refractivity contribution in [3.05, 3.63) is 83.9 Å². The highest BCUT2D eigenvalue weighted by Gasteiger charge is 2.33. The van der Waals surface area contributed by atoms with Crippen LogP contribution in [0.3, 0.4) is 0 Å². The minimum Gasteiger partial charge on any atom is -0.478 e. The Bertz CT molecular complexity index is 1100. The third-order valence-electron chi connectivity index (χ3n) is 5.70. The Kier molecular flexibility index (Phi) is 5.94. The van der Waals surface area contributed by atoms with Crippen LogP contribution in [0.15, 0.2) is 72.8 Å². The van der Waals surface area contributed by atoms with E-state index >= 15 is 0 Å². The molecule has 2 N–H and O–H groups in total. The van der Waals surface area contributed by atoms with E-state index in [-0.39, 0.29) is 11.5 Å². The van der Waals surface area contributed by atoms with Crippen molar-refractivity contribution in [2.75, 3.05) is 5.32 Å². The Hall–Kier alpha value is -3.40. The fourth-order valence-electron chi connectivity index (χ4n) is 3.90. The summed E-state index contributed by atoms with van der Waals surface area (Å²) < 4.78 is 0. The number of carbonyl (C=O) groups is 2. The first-order valence-electron chi connectivity index (χ1n) is 10.4. The second-order valence-electron chi connectivity index (χ2n) is 7.92. The van der Waals surface area contributed by atoms with E-state index < -0.39 is 5.97 Å². The second kappa shape index (κ2) is 8.95. The number of benzene rings is 3. The zero-order valence-electron chi connectivity index (χ0n) is 16.8. The first-order valence-corrected chi connectivity index (χ1v) is 10.4. The fourth-order valence-corrected chi connectivity index (χ4v) is 3.90. The van der Waals surface area contributed by atoms with Gasteiger partial charge in [0.1, 0.15) is 0 Å². The predicted octanol–water partition coefficient (Wildman–Crippen LogP) is 6.00. The lowest BCUT2D eigenvalue weighted by Gasteiger charge is -2.08. The van der Waals surface area contributed by atoms with Gasteiger partial charge in [0.25, 0.3) is 0 Å². The van der Waals surface area contributed by atoms with Gasteiger partial charge in [0, 0.05) is 6.42 Å². The van der Waals surface area contributed by atoms with Gasteiger partial charge in [0.15, 0.2) is 0 Å². The number of rotatable bonds is 8. The summed E-state index contributed by atoms with van der Waals surface area (Å²) in [4.78, 5) is 23.4. The highest BCUT2D eigenvalue weighted by molar-refractivity contribution is 6.00. The van der Waals surface area contributed by atoms with Gasteiger partial charge < -0.3 is 10.4 Å². The molecule has 0 heterocycles. The van der Waals surface area contributed by atoms with Crippen molar-refractivity contribution in [3.8, 4) is 0 Å². The Morgan fingerprint density at radius 3 is 2.60 bits per heavy atom. The number of carbonyl (C=O) groups excluding carboxylic acids is 1. The van der Waals surface area contributed by atoms with Crippen LogP contribution < -0.4 is 5.32 Å². The van der Waals surface area contributed by atoms with Crippen LogP contribution in [-0.4, -0.2) is 17.0 Å². The minimum atomic E-state index is -1.04. The van der Waals surface area contributed by atoms with Gasteiger partial charge >= 0.3 is 5.97 Å². The van der Waals surface area contributed by atoms with Gasteiger partial charge in [-0.15, -0.1) is 0 Å². The molecule has 1 amide bonds. The zero-order chi connectivity index (χ0) is 20.9. The highest BCUT2D eigenvalue weighted by Crippen LogP contribution is 2.43. The lowest BCUT2D eigenvalue weighted by molar-refractivity contribution is -0.116. The van der Waals surface area contributed by atoms with Gasteiger partial charge in [-0.1, -0.05) is 60.7 Å². The fraction of sp³-hybridized carbons (Fsp3) is 0.231. The van der Waals surface area contributed by atoms with Crippen LogP contribution in [0.5, 0.6) is 0 Å². The van der Waals surface area contributed by atoms with Crippen molar-refractivity contribution in [2.24, 2.45) is 11.8 Å². The van der Waals surface area contributed by atoms with Gasteiger partial charge in [0.05, 0.1) is 11.3 Å². The van der Waals surface area contributed by atoms with Crippen LogP contribution in [-0.2, 0) is 4.79 Å². The number of fused-ring (bicyclic) bond motifs is 1. The summed E-state index contributed by atoms with van der Waals surface area (Å²) in [5.41, 5.74) is 1.69. The van der Waals surface area contributed by atoms with E-state index in [0.29, 0.717) is 23.9 Å². The van der Waals surface area contributed by atoms with Crippen LogP contribution in [0.25, 0.3) is 16.8 Å². The SMILES string of the molecule is O=C(CCCC1CC1/C=C/c1ccc2ccccc2c1)Nc1ccccc1C(=O)O. The van der Waals surface area contributed by atoms with Crippen molar-refractivity contribution in [2.45, 2.75) is 25.7 Å². The summed E-state index contributed by atoms with van der Waals surface area (Å²) in [6, 6.07) is 21.4. The van der Waals surface area contributed by atoms with Crippen LogP contribution in [0, 0.1) is 11.8 Å². The molecule has 152 valence electrons. The lowest BCUT2D eigenvalue weighted by Crippen LogP contribution is -2.14. The van der Waals surface area contributed by atoms with Crippen LogP contribution in [0.2, 0.25) is 0 Å². The molecule has 0 bridgehead atoms. The quantitative estimate of drug-likeness (QED) is 0.488. The van der Waals surface area contributed by atoms with Crippen molar-refractivity contribution in [1.82, 2.24) is 0 Å². The van der Waals surface area contributed by atoms with E-state index in [1.165, 1.54) is 28.8 Å². The first kappa shape index (κ1) is 19.9. The average Bonchev–Trinajstić information content (AvgIpc) is 3.50. The first-order chi connectivity index (χ1) is 14.6. The van der Waals surface area contributed by atoms with Crippen molar-refractivity contribution >= 4 is 34.4 Å². The molecule has 2 atom stereocenters. The topological polar surface area (TPSA) is 66.4 Å². The lowest BCUT2D eigenvalue weighted by atomic mass is 10.1. The molecule has 4 nitrogen and oxygen atoms in total. The van der Waals surface area contributed by atoms with Crippen LogP contribution in [0.4, 0.5) is 5.69 Å². The Balaban J connectivity index is 1.22. The molecule has 3 aromatic rings. The number of carboxylic acid groups (broad SMARTS) is 1. The number of allylic oxidation sites excluding steroid dienone is 1. The standard InChI is InChI=1S/C26H25NO3/c28-25(27-24-10-4-3-9-23(24)26(29)30)11-5-8-21-17-22(21)15-13-18-12-14-19-6-1-2-7-20(19)16-18/h1-4,6-7,9-10,12-16,21-22H,5,8,11,17H2,(H,27,28)(H,29,30)/b15-13+. The molecule has 0 spiro atoms. The molecule has 4 heteroatoms. The van der Waals surface area contributed by atoms with Gasteiger partial charge in [-0.3, -0.25) is 4.79 Å². The monoisotopic (exact) mass is 399 g/mol. The van der Waals surface area contributed by atoms with E-state index in [1.807, 2.05) is 0 Å². The van der Waals surface area contributed by atoms with E-state index in [4.69, 9.17) is 0 Å². The summed E-state index contributed by atoms with van der Waals surface area (Å²) in [6.07, 6.45) is 7.90. The minimum absolute atomic E-state index is 0.118. The molecule has 1 fully saturated rings. The molecule has 3 aromatic carbocycles. The number of nitrogens with one attached hydrogen (secondary N) is 1. The molecule has 0 radical (unpaired) electrons. The average molecular weight is 399 g/mol. The summed E-state index contributed by atoms with van der Waals surface area (Å²) in [6.45, 7) is 0. The molecule has 2 unspecified atom stereocenters. The molecular formula is C26H25NO3. The summed E-state index contributed by atoms with van der Waals surface area (Å²) in [7, 11) is 0. The molecule has 1 saturated carbocycles. The maximum absolute atomic E-state index is 12.2. The van der Waals surface area contributed by atoms with Gasteiger partial charge in [-0.2, -0.15) is 0 Å². The van der Waals surface area contributed by atoms with Crippen LogP contribution >= 0.6 is 0 Å². The Labute approximate surface area is 176 Å². The number of aromatic carboxylic acids is 1. The molecule has 30 heavy (non-hydrogen) atoms. The highest BCUT2D eigenvalue weighted by atomic mass is 16.4. The number of anilines is 1. The number of hydrogen-bond donors (Lipinski definition) is 2. The van der Waals surface area contributed by atoms with E-state index in [1.54, 1.807) is 18.2 Å². The summed E-state index contributed by atoms with van der Waals surface area (Å²) in [5, 5.41) is 14.4. The normalized spacial score (nSPS) is 17.9. The van der Waals surface area contributed by atoms with Gasteiger partial charge in [-0.05, 0) is 65.6 Å². The van der Waals surface area contributed by atoms with Crippen molar-refractivity contribution < 1.29 is 14.7 Å². The van der Waals surface area contributed by atoms with Crippen molar-refractivity contribution in [3.63, 3.8) is 0 Å². The second-order valence-corrected chi connectivity index (χ2v) is 7.92. The Morgan fingerprint density at radius 1 is 1.00 bits per heavy atom. The molecule has 1 aliphatic rings. The number of para-hydroxylation sites is 1. The van der Waals surface area contributed by atoms with Crippen LogP contribution in [0.1, 0.15) is 41.6 Å². The van der Waals surface area contributed by atoms with E-state index in [0.717, 1.165) is 12.8 Å². The molecule has 0 aliphatic heterocycles. The number of hydrogen-bond acceptors (Lipinski definition) is 2. The number of carboxylic acids is 1. The predicted molar refractivity (Wildman–Crippen MR) is 120 cm³/mol.